The molecule has 1 aromatic heterocycles. The van der Waals surface area contributed by atoms with Crippen molar-refractivity contribution >= 4 is 11.8 Å². The minimum absolute atomic E-state index is 0.326. The van der Waals surface area contributed by atoms with Gasteiger partial charge in [-0.1, -0.05) is 27.7 Å². The van der Waals surface area contributed by atoms with Crippen molar-refractivity contribution < 1.29 is 0 Å². The number of nitrogens with zero attached hydrogens (tertiary/aromatic N) is 2. The van der Waals surface area contributed by atoms with Gasteiger partial charge in [0.2, 0.25) is 5.95 Å². The molecule has 17 heavy (non-hydrogen) atoms. The molecule has 1 aliphatic carbocycles. The molecule has 0 atom stereocenters. The first kappa shape index (κ1) is 12.1. The lowest BCUT2D eigenvalue weighted by Crippen LogP contribution is -2.11. The van der Waals surface area contributed by atoms with E-state index in [0.717, 1.165) is 17.9 Å². The van der Waals surface area contributed by atoms with E-state index in [0.29, 0.717) is 22.7 Å². The quantitative estimate of drug-likeness (QED) is 0.843. The summed E-state index contributed by atoms with van der Waals surface area (Å²) < 4.78 is 0. The van der Waals surface area contributed by atoms with Crippen LogP contribution in [0.1, 0.15) is 33.3 Å². The molecular weight excluding hydrogens is 212 g/mol. The zero-order chi connectivity index (χ0) is 12.8. The molecule has 1 heterocycles. The molecule has 0 saturated heterocycles. The van der Waals surface area contributed by atoms with Crippen molar-refractivity contribution in [3.8, 4) is 0 Å². The van der Waals surface area contributed by atoms with E-state index >= 15 is 0 Å². The third kappa shape index (κ3) is 1.85. The van der Waals surface area contributed by atoms with Crippen LogP contribution in [-0.2, 0) is 0 Å². The molecule has 2 rings (SSSR count). The Kier molecular flexibility index (Phi) is 2.56. The molecule has 1 fully saturated rings. The number of rotatable bonds is 3. The van der Waals surface area contributed by atoms with Gasteiger partial charge in [0, 0.05) is 18.3 Å². The van der Waals surface area contributed by atoms with Crippen LogP contribution < -0.4 is 11.1 Å². The minimum Gasteiger partial charge on any atom is -0.369 e. The van der Waals surface area contributed by atoms with Crippen molar-refractivity contribution in [1.29, 1.82) is 0 Å². The highest BCUT2D eigenvalue weighted by atomic mass is 15.1. The number of nitrogens with one attached hydrogen (secondary N) is 1. The predicted molar refractivity (Wildman–Crippen MR) is 70.7 cm³/mol. The highest BCUT2D eigenvalue weighted by Crippen LogP contribution is 2.68. The molecule has 0 unspecified atom stereocenters. The van der Waals surface area contributed by atoms with Gasteiger partial charge in [-0.2, -0.15) is 4.98 Å². The summed E-state index contributed by atoms with van der Waals surface area (Å²) in [4.78, 5) is 8.19. The average molecular weight is 234 g/mol. The average Bonchev–Trinajstić information content (AvgIpc) is 2.60. The SMILES string of the molecule is Cc1cnc(N)nc1NCC1C(C)(C)C1(C)C. The molecule has 4 heteroatoms. The van der Waals surface area contributed by atoms with E-state index in [4.69, 9.17) is 5.73 Å². The smallest absolute Gasteiger partial charge is 0.221 e. The second-order valence-corrected chi connectivity index (χ2v) is 6.14. The summed E-state index contributed by atoms with van der Waals surface area (Å²) in [7, 11) is 0. The zero-order valence-electron chi connectivity index (χ0n) is 11.3. The van der Waals surface area contributed by atoms with Gasteiger partial charge < -0.3 is 11.1 Å². The van der Waals surface area contributed by atoms with Crippen LogP contribution in [-0.4, -0.2) is 16.5 Å². The Labute approximate surface area is 103 Å². The number of nitrogens with two attached hydrogens (primary N) is 1. The van der Waals surface area contributed by atoms with E-state index in [9.17, 15) is 0 Å². The third-order valence-electron chi connectivity index (χ3n) is 4.78. The Balaban J connectivity index is 2.03. The maximum absolute atomic E-state index is 5.59. The lowest BCUT2D eigenvalue weighted by Gasteiger charge is -2.09. The number of hydrogen-bond donors (Lipinski definition) is 2. The largest absolute Gasteiger partial charge is 0.369 e. The topological polar surface area (TPSA) is 63.8 Å². The molecule has 0 amide bonds. The van der Waals surface area contributed by atoms with Crippen LogP contribution in [0.15, 0.2) is 6.20 Å². The Morgan fingerprint density at radius 1 is 1.29 bits per heavy atom. The van der Waals surface area contributed by atoms with Crippen LogP contribution in [0, 0.1) is 23.7 Å². The van der Waals surface area contributed by atoms with Crippen molar-refractivity contribution in [2.45, 2.75) is 34.6 Å². The molecule has 1 aromatic rings. The number of hydrogen-bond acceptors (Lipinski definition) is 4. The van der Waals surface area contributed by atoms with Gasteiger partial charge >= 0.3 is 0 Å². The fraction of sp³-hybridized carbons (Fsp3) is 0.692. The normalized spacial score (nSPS) is 21.2. The van der Waals surface area contributed by atoms with E-state index in [1.807, 2.05) is 6.92 Å². The van der Waals surface area contributed by atoms with Gasteiger partial charge in [-0.3, -0.25) is 0 Å². The Morgan fingerprint density at radius 2 is 1.88 bits per heavy atom. The predicted octanol–water partition coefficient (Wildman–Crippen LogP) is 2.46. The van der Waals surface area contributed by atoms with Gasteiger partial charge in [0.25, 0.3) is 0 Å². The first-order valence-corrected chi connectivity index (χ1v) is 6.10. The van der Waals surface area contributed by atoms with Crippen LogP contribution in [0.4, 0.5) is 11.8 Å². The molecule has 94 valence electrons. The number of anilines is 2. The van der Waals surface area contributed by atoms with Crippen molar-refractivity contribution in [2.24, 2.45) is 16.7 Å². The first-order valence-electron chi connectivity index (χ1n) is 6.10. The standard InChI is InChI=1S/C13H22N4/c1-8-6-16-11(14)17-10(8)15-7-9-12(2,3)13(9,4)5/h6,9H,7H2,1-5H3,(H3,14,15,16,17). The lowest BCUT2D eigenvalue weighted by atomic mass is 10.0. The fourth-order valence-electron chi connectivity index (χ4n) is 2.68. The van der Waals surface area contributed by atoms with Gasteiger partial charge in [-0.25, -0.2) is 4.98 Å². The molecule has 0 aromatic carbocycles. The summed E-state index contributed by atoms with van der Waals surface area (Å²) >= 11 is 0. The molecule has 0 bridgehead atoms. The molecule has 1 saturated carbocycles. The summed E-state index contributed by atoms with van der Waals surface area (Å²) in [6.07, 6.45) is 1.76. The molecule has 1 aliphatic rings. The van der Waals surface area contributed by atoms with Crippen molar-refractivity contribution in [1.82, 2.24) is 9.97 Å². The summed E-state index contributed by atoms with van der Waals surface area (Å²) in [5.74, 6) is 1.86. The lowest BCUT2D eigenvalue weighted by molar-refractivity contribution is 0.457. The Morgan fingerprint density at radius 3 is 2.41 bits per heavy atom. The summed E-state index contributed by atoms with van der Waals surface area (Å²) in [5, 5.41) is 3.40. The van der Waals surface area contributed by atoms with Gasteiger partial charge in [-0.15, -0.1) is 0 Å². The van der Waals surface area contributed by atoms with E-state index in [2.05, 4.69) is 43.0 Å². The highest BCUT2D eigenvalue weighted by molar-refractivity contribution is 5.45. The Hall–Kier alpha value is -1.32. The zero-order valence-corrected chi connectivity index (χ0v) is 11.3. The molecule has 0 radical (unpaired) electrons. The maximum atomic E-state index is 5.59. The molecule has 3 N–H and O–H groups in total. The number of aromatic nitrogens is 2. The molecule has 4 nitrogen and oxygen atoms in total. The summed E-state index contributed by atoms with van der Waals surface area (Å²) in [6.45, 7) is 12.2. The van der Waals surface area contributed by atoms with Crippen LogP contribution in [0.2, 0.25) is 0 Å². The summed E-state index contributed by atoms with van der Waals surface area (Å²) in [5.41, 5.74) is 7.42. The van der Waals surface area contributed by atoms with Crippen LogP contribution in [0.5, 0.6) is 0 Å². The Bertz CT molecular complexity index is 423. The second-order valence-electron chi connectivity index (χ2n) is 6.14. The highest BCUT2D eigenvalue weighted by Gasteiger charge is 2.64. The maximum Gasteiger partial charge on any atom is 0.221 e. The number of aryl methyl sites for hydroxylation is 1. The van der Waals surface area contributed by atoms with E-state index in [-0.39, 0.29) is 0 Å². The minimum atomic E-state index is 0.326. The van der Waals surface area contributed by atoms with Crippen molar-refractivity contribution in [3.05, 3.63) is 11.8 Å². The van der Waals surface area contributed by atoms with E-state index < -0.39 is 0 Å². The van der Waals surface area contributed by atoms with Gasteiger partial charge in [0.1, 0.15) is 5.82 Å². The van der Waals surface area contributed by atoms with E-state index in [1.165, 1.54) is 0 Å². The van der Waals surface area contributed by atoms with Crippen LogP contribution in [0.25, 0.3) is 0 Å². The van der Waals surface area contributed by atoms with Crippen molar-refractivity contribution in [3.63, 3.8) is 0 Å². The third-order valence-corrected chi connectivity index (χ3v) is 4.78. The van der Waals surface area contributed by atoms with Gasteiger partial charge in [-0.05, 0) is 23.7 Å². The van der Waals surface area contributed by atoms with Crippen molar-refractivity contribution in [2.75, 3.05) is 17.6 Å². The van der Waals surface area contributed by atoms with Crippen LogP contribution >= 0.6 is 0 Å². The first-order chi connectivity index (χ1) is 7.76. The monoisotopic (exact) mass is 234 g/mol. The molecule has 0 spiro atoms. The van der Waals surface area contributed by atoms with Crippen LogP contribution in [0.3, 0.4) is 0 Å². The number of nitrogen functional groups attached to an aromatic ring is 1. The summed E-state index contributed by atoms with van der Waals surface area (Å²) in [6, 6.07) is 0. The van der Waals surface area contributed by atoms with Gasteiger partial charge in [0.05, 0.1) is 0 Å². The van der Waals surface area contributed by atoms with E-state index in [1.54, 1.807) is 6.20 Å². The molecular formula is C13H22N4. The molecule has 0 aliphatic heterocycles. The fourth-order valence-corrected chi connectivity index (χ4v) is 2.68. The second kappa shape index (κ2) is 3.59. The van der Waals surface area contributed by atoms with Gasteiger partial charge in [0.15, 0.2) is 0 Å².